The average Bonchev–Trinajstić information content (AvgIpc) is 2.67. The Bertz CT molecular complexity index is 638. The summed E-state index contributed by atoms with van der Waals surface area (Å²) in [5.74, 6) is 0.0349. The van der Waals surface area contributed by atoms with Crippen LogP contribution in [0.1, 0.15) is 24.0 Å². The number of fused-ring (bicyclic) bond motifs is 1. The zero-order valence-corrected chi connectivity index (χ0v) is 15.9. The highest BCUT2D eigenvalue weighted by molar-refractivity contribution is 5.78. The van der Waals surface area contributed by atoms with Gasteiger partial charge in [0.25, 0.3) is 0 Å². The van der Waals surface area contributed by atoms with Gasteiger partial charge in [-0.3, -0.25) is 9.69 Å². The maximum Gasteiger partial charge on any atom is 0.317 e. The van der Waals surface area contributed by atoms with Crippen LogP contribution in [-0.4, -0.2) is 79.5 Å². The van der Waals surface area contributed by atoms with E-state index in [-0.39, 0.29) is 11.9 Å². The normalized spacial score (nSPS) is 20.4. The predicted molar refractivity (Wildman–Crippen MR) is 102 cm³/mol. The fourth-order valence-electron chi connectivity index (χ4n) is 3.89. The number of urea groups is 1. The van der Waals surface area contributed by atoms with Gasteiger partial charge in [0.2, 0.25) is 5.91 Å². The van der Waals surface area contributed by atoms with E-state index in [4.69, 9.17) is 0 Å². The zero-order valence-electron chi connectivity index (χ0n) is 15.9. The number of aryl methyl sites for hydroxylation is 1. The number of hydrogen-bond acceptors (Lipinski definition) is 3. The highest BCUT2D eigenvalue weighted by atomic mass is 16.2. The first kappa shape index (κ1) is 18.7. The van der Waals surface area contributed by atoms with Crippen molar-refractivity contribution in [2.75, 3.05) is 46.8 Å². The molecule has 1 aliphatic carbocycles. The first-order chi connectivity index (χ1) is 12.5. The van der Waals surface area contributed by atoms with E-state index in [2.05, 4.69) is 34.5 Å². The van der Waals surface area contributed by atoms with Crippen LogP contribution in [0.4, 0.5) is 4.79 Å². The number of nitrogens with one attached hydrogen (secondary N) is 1. The van der Waals surface area contributed by atoms with Crippen LogP contribution < -0.4 is 5.32 Å². The summed E-state index contributed by atoms with van der Waals surface area (Å²) in [6.07, 6.45) is 3.83. The maximum absolute atomic E-state index is 12.3. The lowest BCUT2D eigenvalue weighted by atomic mass is 9.87. The van der Waals surface area contributed by atoms with Crippen molar-refractivity contribution in [2.45, 2.75) is 31.7 Å². The number of amides is 3. The SMILES string of the molecule is CN(C)C(=O)CCNC(=O)N1CCN(C2CCc3ccccc3C2)CC1. The van der Waals surface area contributed by atoms with Crippen LogP contribution >= 0.6 is 0 Å². The second-order valence-corrected chi connectivity index (χ2v) is 7.46. The van der Waals surface area contributed by atoms with Crippen LogP contribution in [0, 0.1) is 0 Å². The number of benzene rings is 1. The molecule has 1 unspecified atom stereocenters. The van der Waals surface area contributed by atoms with E-state index in [1.54, 1.807) is 19.0 Å². The molecule has 0 spiro atoms. The Labute approximate surface area is 156 Å². The summed E-state index contributed by atoms with van der Waals surface area (Å²) in [5, 5.41) is 2.87. The molecule has 2 aliphatic rings. The monoisotopic (exact) mass is 358 g/mol. The molecule has 1 heterocycles. The summed E-state index contributed by atoms with van der Waals surface area (Å²) < 4.78 is 0. The van der Waals surface area contributed by atoms with Crippen LogP contribution in [0.2, 0.25) is 0 Å². The zero-order chi connectivity index (χ0) is 18.5. The van der Waals surface area contributed by atoms with Crippen molar-refractivity contribution in [3.05, 3.63) is 35.4 Å². The topological polar surface area (TPSA) is 55.9 Å². The van der Waals surface area contributed by atoms with Crippen LogP contribution in [0.25, 0.3) is 0 Å². The molecule has 1 aromatic rings. The fourth-order valence-corrected chi connectivity index (χ4v) is 3.89. The van der Waals surface area contributed by atoms with E-state index < -0.39 is 0 Å². The fraction of sp³-hybridized carbons (Fsp3) is 0.600. The van der Waals surface area contributed by atoms with Gasteiger partial charge >= 0.3 is 6.03 Å². The van der Waals surface area contributed by atoms with E-state index >= 15 is 0 Å². The standard InChI is InChI=1S/C20H30N4O2/c1-22(2)19(25)9-10-21-20(26)24-13-11-23(12-14-24)18-8-7-16-5-3-4-6-17(16)15-18/h3-6,18H,7-15H2,1-2H3,(H,21,26). The molecule has 3 rings (SSSR count). The van der Waals surface area contributed by atoms with Crippen LogP contribution in [0.5, 0.6) is 0 Å². The highest BCUT2D eigenvalue weighted by Gasteiger charge is 2.28. The molecule has 1 atom stereocenters. The van der Waals surface area contributed by atoms with Gasteiger partial charge in [0.1, 0.15) is 0 Å². The second-order valence-electron chi connectivity index (χ2n) is 7.46. The van der Waals surface area contributed by atoms with Gasteiger partial charge in [0, 0.05) is 59.3 Å². The van der Waals surface area contributed by atoms with Crippen LogP contribution in [-0.2, 0) is 17.6 Å². The number of piperazine rings is 1. The summed E-state index contributed by atoms with van der Waals surface area (Å²) in [7, 11) is 3.46. The summed E-state index contributed by atoms with van der Waals surface area (Å²) in [6.45, 7) is 3.76. The van der Waals surface area contributed by atoms with Crippen molar-refractivity contribution in [3.8, 4) is 0 Å². The van der Waals surface area contributed by atoms with Gasteiger partial charge in [-0.1, -0.05) is 24.3 Å². The molecule has 1 fully saturated rings. The molecule has 1 N–H and O–H groups in total. The van der Waals surface area contributed by atoms with Crippen molar-refractivity contribution >= 4 is 11.9 Å². The van der Waals surface area contributed by atoms with Gasteiger partial charge in [0.15, 0.2) is 0 Å². The average molecular weight is 358 g/mol. The van der Waals surface area contributed by atoms with Gasteiger partial charge in [-0.15, -0.1) is 0 Å². The number of rotatable bonds is 4. The minimum Gasteiger partial charge on any atom is -0.349 e. The molecule has 142 valence electrons. The summed E-state index contributed by atoms with van der Waals surface area (Å²) >= 11 is 0. The molecule has 1 aliphatic heterocycles. The Morgan fingerprint density at radius 2 is 1.81 bits per heavy atom. The van der Waals surface area contributed by atoms with Crippen molar-refractivity contribution in [2.24, 2.45) is 0 Å². The van der Waals surface area contributed by atoms with Gasteiger partial charge in [0.05, 0.1) is 0 Å². The first-order valence-corrected chi connectivity index (χ1v) is 9.58. The number of carbonyl (C=O) groups is 2. The van der Waals surface area contributed by atoms with Crippen molar-refractivity contribution in [1.82, 2.24) is 20.0 Å². The Hall–Kier alpha value is -2.08. The lowest BCUT2D eigenvalue weighted by Gasteiger charge is -2.41. The van der Waals surface area contributed by atoms with Crippen LogP contribution in [0.15, 0.2) is 24.3 Å². The molecule has 3 amide bonds. The molecule has 0 aromatic heterocycles. The minimum absolute atomic E-state index is 0.0349. The highest BCUT2D eigenvalue weighted by Crippen LogP contribution is 2.25. The van der Waals surface area contributed by atoms with Crippen LogP contribution in [0.3, 0.4) is 0 Å². The quantitative estimate of drug-likeness (QED) is 0.884. The van der Waals surface area contributed by atoms with E-state index in [1.165, 1.54) is 17.5 Å². The van der Waals surface area contributed by atoms with Crippen molar-refractivity contribution < 1.29 is 9.59 Å². The predicted octanol–water partition coefficient (Wildman–Crippen LogP) is 1.35. The van der Waals surface area contributed by atoms with Gasteiger partial charge in [-0.05, 0) is 30.4 Å². The second kappa shape index (κ2) is 8.54. The Morgan fingerprint density at radius 3 is 2.50 bits per heavy atom. The molecule has 6 heteroatoms. The lowest BCUT2D eigenvalue weighted by Crippen LogP contribution is -2.55. The summed E-state index contributed by atoms with van der Waals surface area (Å²) in [5.41, 5.74) is 2.98. The molecule has 1 saturated heterocycles. The number of nitrogens with zero attached hydrogens (tertiary/aromatic N) is 3. The maximum atomic E-state index is 12.3. The number of carbonyl (C=O) groups excluding carboxylic acids is 2. The third-order valence-corrected chi connectivity index (χ3v) is 5.55. The molecule has 26 heavy (non-hydrogen) atoms. The molecule has 0 radical (unpaired) electrons. The molecule has 6 nitrogen and oxygen atoms in total. The lowest BCUT2D eigenvalue weighted by molar-refractivity contribution is -0.128. The third kappa shape index (κ3) is 4.55. The Kier molecular flexibility index (Phi) is 6.14. The molecule has 0 bridgehead atoms. The van der Waals surface area contributed by atoms with E-state index in [0.29, 0.717) is 19.0 Å². The van der Waals surface area contributed by atoms with Gasteiger partial charge in [-0.25, -0.2) is 4.79 Å². The molecule has 1 aromatic carbocycles. The van der Waals surface area contributed by atoms with Crippen molar-refractivity contribution in [1.29, 1.82) is 0 Å². The van der Waals surface area contributed by atoms with E-state index in [0.717, 1.165) is 39.0 Å². The van der Waals surface area contributed by atoms with E-state index in [1.807, 2.05) is 4.90 Å². The number of hydrogen-bond donors (Lipinski definition) is 1. The van der Waals surface area contributed by atoms with Gasteiger partial charge in [-0.2, -0.15) is 0 Å². The molecular weight excluding hydrogens is 328 g/mol. The Balaban J connectivity index is 1.42. The molecular formula is C20H30N4O2. The smallest absolute Gasteiger partial charge is 0.317 e. The van der Waals surface area contributed by atoms with E-state index in [9.17, 15) is 9.59 Å². The summed E-state index contributed by atoms with van der Waals surface area (Å²) in [6, 6.07) is 9.29. The van der Waals surface area contributed by atoms with Gasteiger partial charge < -0.3 is 15.1 Å². The summed E-state index contributed by atoms with van der Waals surface area (Å²) in [4.78, 5) is 29.8. The molecule has 0 saturated carbocycles. The van der Waals surface area contributed by atoms with Crippen molar-refractivity contribution in [3.63, 3.8) is 0 Å². The Morgan fingerprint density at radius 1 is 1.12 bits per heavy atom. The largest absolute Gasteiger partial charge is 0.349 e. The first-order valence-electron chi connectivity index (χ1n) is 9.58. The minimum atomic E-state index is -0.0507. The third-order valence-electron chi connectivity index (χ3n) is 5.55.